The number of aromatic nitrogens is 1. The van der Waals surface area contributed by atoms with Crippen LogP contribution in [0.15, 0.2) is 72.9 Å². The van der Waals surface area contributed by atoms with Crippen molar-refractivity contribution in [1.82, 2.24) is 9.88 Å². The van der Waals surface area contributed by atoms with Crippen LogP contribution in [0.3, 0.4) is 0 Å². The molecule has 31 heavy (non-hydrogen) atoms. The number of nitrogens with zero attached hydrogens (tertiary/aromatic N) is 2. The lowest BCUT2D eigenvalue weighted by molar-refractivity contribution is 0.0730. The smallest absolute Gasteiger partial charge is 0.161 e. The first-order chi connectivity index (χ1) is 15.1. The monoisotopic (exact) mass is 422 g/mol. The number of pyridine rings is 1. The number of hydrogen-bond acceptors (Lipinski definition) is 6. The van der Waals surface area contributed by atoms with Crippen LogP contribution in [0.2, 0.25) is 0 Å². The summed E-state index contributed by atoms with van der Waals surface area (Å²) in [7, 11) is 1.98. The minimum atomic E-state index is -0.610. The van der Waals surface area contributed by atoms with Crippen LogP contribution in [-0.4, -0.2) is 47.9 Å². The number of rotatable bonds is 12. The number of aliphatic hydroxyl groups is 1. The Labute approximate surface area is 184 Å². The number of benzene rings is 2. The fourth-order valence-electron chi connectivity index (χ4n) is 3.15. The quantitative estimate of drug-likeness (QED) is 0.477. The van der Waals surface area contributed by atoms with Gasteiger partial charge in [0.1, 0.15) is 25.1 Å². The van der Waals surface area contributed by atoms with Crippen LogP contribution in [0.5, 0.6) is 17.2 Å². The fourth-order valence-corrected chi connectivity index (χ4v) is 3.15. The summed E-state index contributed by atoms with van der Waals surface area (Å²) in [5, 5.41) is 10.4. The maximum absolute atomic E-state index is 10.4. The molecule has 0 fully saturated rings. The predicted octanol–water partition coefficient (Wildman–Crippen LogP) is 3.93. The first-order valence-electron chi connectivity index (χ1n) is 10.5. The van der Waals surface area contributed by atoms with E-state index >= 15 is 0 Å². The zero-order valence-corrected chi connectivity index (χ0v) is 18.1. The van der Waals surface area contributed by atoms with Crippen LogP contribution in [0.1, 0.15) is 18.2 Å². The molecule has 1 N–H and O–H groups in total. The van der Waals surface area contributed by atoms with Crippen LogP contribution in [0, 0.1) is 0 Å². The molecule has 1 aromatic heterocycles. The van der Waals surface area contributed by atoms with E-state index in [2.05, 4.69) is 9.88 Å². The molecule has 0 aliphatic rings. The van der Waals surface area contributed by atoms with Crippen molar-refractivity contribution in [3.63, 3.8) is 0 Å². The first-order valence-corrected chi connectivity index (χ1v) is 10.5. The van der Waals surface area contributed by atoms with Gasteiger partial charge in [0.15, 0.2) is 11.5 Å². The number of aliphatic hydroxyl groups excluding tert-OH is 1. The van der Waals surface area contributed by atoms with Gasteiger partial charge in [-0.15, -0.1) is 0 Å². The molecule has 3 rings (SSSR count). The molecule has 0 unspecified atom stereocenters. The molecule has 0 bridgehead atoms. The summed E-state index contributed by atoms with van der Waals surface area (Å²) >= 11 is 0. The molecule has 3 aromatic rings. The van der Waals surface area contributed by atoms with Gasteiger partial charge in [0.05, 0.1) is 12.3 Å². The molecule has 164 valence electrons. The van der Waals surface area contributed by atoms with Gasteiger partial charge in [-0.1, -0.05) is 30.3 Å². The number of ether oxygens (including phenoxy) is 3. The molecule has 0 saturated heterocycles. The van der Waals surface area contributed by atoms with Crippen molar-refractivity contribution in [2.75, 3.05) is 26.8 Å². The third-order valence-electron chi connectivity index (χ3n) is 4.59. The highest BCUT2D eigenvalue weighted by atomic mass is 16.5. The number of likely N-dealkylation sites (N-methyl/N-ethyl adjacent to an activating group) is 1. The standard InChI is InChI=1S/C25H30N2O4/c1-3-29-24-9-4-5-10-25(24)31-19-22(28)17-27(2)16-20-11-13-23(14-12-20)30-18-21-8-6-7-15-26-21/h4-15,22,28H,3,16-19H2,1-2H3/t22-/m1/s1. The van der Waals surface area contributed by atoms with E-state index in [0.717, 1.165) is 17.0 Å². The van der Waals surface area contributed by atoms with Gasteiger partial charge in [0.25, 0.3) is 0 Å². The van der Waals surface area contributed by atoms with Gasteiger partial charge in [-0.25, -0.2) is 0 Å². The predicted molar refractivity (Wildman–Crippen MR) is 120 cm³/mol. The molecule has 1 heterocycles. The lowest BCUT2D eigenvalue weighted by Gasteiger charge is -2.21. The van der Waals surface area contributed by atoms with E-state index in [1.807, 2.05) is 80.7 Å². The topological polar surface area (TPSA) is 64.0 Å². The van der Waals surface area contributed by atoms with Crippen LogP contribution in [0.4, 0.5) is 0 Å². The molecule has 0 aliphatic heterocycles. The molecular weight excluding hydrogens is 392 g/mol. The summed E-state index contributed by atoms with van der Waals surface area (Å²) < 4.78 is 17.1. The highest BCUT2D eigenvalue weighted by Crippen LogP contribution is 2.26. The van der Waals surface area contributed by atoms with Crippen molar-refractivity contribution in [3.05, 3.63) is 84.2 Å². The first kappa shape index (κ1) is 22.6. The van der Waals surface area contributed by atoms with E-state index in [1.165, 1.54) is 0 Å². The SMILES string of the molecule is CCOc1ccccc1OC[C@H](O)CN(C)Cc1ccc(OCc2ccccn2)cc1. The molecule has 2 aromatic carbocycles. The Morgan fingerprint density at radius 3 is 2.29 bits per heavy atom. The van der Waals surface area contributed by atoms with Gasteiger partial charge in [0.2, 0.25) is 0 Å². The Hall–Kier alpha value is -3.09. The van der Waals surface area contributed by atoms with E-state index in [0.29, 0.717) is 37.8 Å². The zero-order valence-electron chi connectivity index (χ0n) is 18.1. The van der Waals surface area contributed by atoms with Crippen LogP contribution < -0.4 is 14.2 Å². The van der Waals surface area contributed by atoms with Crippen LogP contribution >= 0.6 is 0 Å². The third kappa shape index (κ3) is 7.59. The van der Waals surface area contributed by atoms with Gasteiger partial charge in [-0.3, -0.25) is 9.88 Å². The minimum absolute atomic E-state index is 0.203. The lowest BCUT2D eigenvalue weighted by atomic mass is 10.2. The van der Waals surface area contributed by atoms with Crippen molar-refractivity contribution in [2.45, 2.75) is 26.2 Å². The van der Waals surface area contributed by atoms with Gasteiger partial charge in [-0.2, -0.15) is 0 Å². The lowest BCUT2D eigenvalue weighted by Crippen LogP contribution is -2.32. The van der Waals surface area contributed by atoms with E-state index in [9.17, 15) is 5.11 Å². The number of hydrogen-bond donors (Lipinski definition) is 1. The second-order valence-electron chi connectivity index (χ2n) is 7.30. The third-order valence-corrected chi connectivity index (χ3v) is 4.59. The summed E-state index contributed by atoms with van der Waals surface area (Å²) in [6, 6.07) is 21.2. The second kappa shape index (κ2) is 11.9. The maximum atomic E-state index is 10.4. The van der Waals surface area contributed by atoms with Gasteiger partial charge < -0.3 is 19.3 Å². The number of para-hydroxylation sites is 2. The van der Waals surface area contributed by atoms with Gasteiger partial charge in [-0.05, 0) is 55.9 Å². The summed E-state index contributed by atoms with van der Waals surface area (Å²) in [5.41, 5.74) is 2.04. The molecule has 1 atom stereocenters. The maximum Gasteiger partial charge on any atom is 0.161 e. The molecule has 6 heteroatoms. The average Bonchev–Trinajstić information content (AvgIpc) is 2.79. The molecule has 0 spiro atoms. The second-order valence-corrected chi connectivity index (χ2v) is 7.30. The van der Waals surface area contributed by atoms with E-state index in [1.54, 1.807) is 6.20 Å². The van der Waals surface area contributed by atoms with Gasteiger partial charge >= 0.3 is 0 Å². The summed E-state index contributed by atoms with van der Waals surface area (Å²) in [6.07, 6.45) is 1.15. The summed E-state index contributed by atoms with van der Waals surface area (Å²) in [5.74, 6) is 2.14. The van der Waals surface area contributed by atoms with Crippen molar-refractivity contribution >= 4 is 0 Å². The minimum Gasteiger partial charge on any atom is -0.490 e. The van der Waals surface area contributed by atoms with Crippen molar-refractivity contribution in [2.24, 2.45) is 0 Å². The Morgan fingerprint density at radius 2 is 1.61 bits per heavy atom. The van der Waals surface area contributed by atoms with Crippen molar-refractivity contribution in [3.8, 4) is 17.2 Å². The van der Waals surface area contributed by atoms with Crippen LogP contribution in [-0.2, 0) is 13.2 Å². The molecule has 0 amide bonds. The van der Waals surface area contributed by atoms with E-state index in [4.69, 9.17) is 14.2 Å². The molecule has 6 nitrogen and oxygen atoms in total. The fraction of sp³-hybridized carbons (Fsp3) is 0.320. The van der Waals surface area contributed by atoms with E-state index in [-0.39, 0.29) is 6.61 Å². The Bertz CT molecular complexity index is 903. The van der Waals surface area contributed by atoms with E-state index < -0.39 is 6.10 Å². The molecule has 0 aliphatic carbocycles. The van der Waals surface area contributed by atoms with Crippen molar-refractivity contribution in [1.29, 1.82) is 0 Å². The average molecular weight is 423 g/mol. The molecule has 0 radical (unpaired) electrons. The largest absolute Gasteiger partial charge is 0.490 e. The Balaban J connectivity index is 1.42. The zero-order chi connectivity index (χ0) is 21.9. The molecule has 0 saturated carbocycles. The molecular formula is C25H30N2O4. The Kier molecular flexibility index (Phi) is 8.70. The van der Waals surface area contributed by atoms with Crippen molar-refractivity contribution < 1.29 is 19.3 Å². The highest BCUT2D eigenvalue weighted by molar-refractivity contribution is 5.39. The highest BCUT2D eigenvalue weighted by Gasteiger charge is 2.12. The van der Waals surface area contributed by atoms with Crippen LogP contribution in [0.25, 0.3) is 0 Å². The summed E-state index contributed by atoms with van der Waals surface area (Å²) in [6.45, 7) is 4.35. The Morgan fingerprint density at radius 1 is 0.903 bits per heavy atom. The normalized spacial score (nSPS) is 11.9. The summed E-state index contributed by atoms with van der Waals surface area (Å²) in [4.78, 5) is 6.32. The van der Waals surface area contributed by atoms with Gasteiger partial charge in [0, 0.05) is 19.3 Å².